The molecule has 0 aromatic heterocycles. The third-order valence-electron chi connectivity index (χ3n) is 4.10. The lowest BCUT2D eigenvalue weighted by molar-refractivity contribution is 0.0700. The number of rotatable bonds is 2. The third-order valence-corrected chi connectivity index (χ3v) is 4.10. The van der Waals surface area contributed by atoms with E-state index < -0.39 is 0 Å². The van der Waals surface area contributed by atoms with Gasteiger partial charge >= 0.3 is 0 Å². The number of carbonyl (C=O) groups is 1. The molecule has 2 bridgehead atoms. The van der Waals surface area contributed by atoms with Gasteiger partial charge in [0.05, 0.1) is 12.7 Å². The molecule has 2 aliphatic rings. The second-order valence-electron chi connectivity index (χ2n) is 5.17. The van der Waals surface area contributed by atoms with Crippen molar-refractivity contribution in [2.24, 2.45) is 5.92 Å². The van der Waals surface area contributed by atoms with Crippen molar-refractivity contribution >= 4 is 5.91 Å². The van der Waals surface area contributed by atoms with E-state index in [-0.39, 0.29) is 11.7 Å². The van der Waals surface area contributed by atoms with E-state index in [1.807, 2.05) is 4.90 Å². The zero-order valence-corrected chi connectivity index (χ0v) is 10.4. The number of piperidine rings is 1. The van der Waals surface area contributed by atoms with Gasteiger partial charge in [0.25, 0.3) is 5.91 Å². The molecule has 1 heterocycles. The van der Waals surface area contributed by atoms with Crippen LogP contribution in [-0.2, 0) is 0 Å². The number of amides is 1. The van der Waals surface area contributed by atoms with Gasteiger partial charge in [0, 0.05) is 12.6 Å². The number of phenols is 1. The number of hydrogen-bond donors (Lipinski definition) is 1. The van der Waals surface area contributed by atoms with Gasteiger partial charge in [0.15, 0.2) is 0 Å². The average Bonchev–Trinajstić information content (AvgIpc) is 3.01. The minimum Gasteiger partial charge on any atom is -0.507 e. The van der Waals surface area contributed by atoms with Crippen molar-refractivity contribution < 1.29 is 14.6 Å². The van der Waals surface area contributed by atoms with Crippen molar-refractivity contribution in [1.82, 2.24) is 4.90 Å². The monoisotopic (exact) mass is 247 g/mol. The molecule has 1 aliphatic carbocycles. The fourth-order valence-electron chi connectivity index (χ4n) is 3.14. The summed E-state index contributed by atoms with van der Waals surface area (Å²) in [5.74, 6) is 1.22. The first-order valence-corrected chi connectivity index (χ1v) is 6.37. The van der Waals surface area contributed by atoms with Crippen LogP contribution in [0.1, 0.15) is 29.6 Å². The van der Waals surface area contributed by atoms with Crippen molar-refractivity contribution in [3.8, 4) is 11.5 Å². The van der Waals surface area contributed by atoms with Crippen molar-refractivity contribution in [3.63, 3.8) is 0 Å². The van der Waals surface area contributed by atoms with Crippen LogP contribution in [0.25, 0.3) is 0 Å². The highest BCUT2D eigenvalue weighted by atomic mass is 16.5. The Labute approximate surface area is 106 Å². The van der Waals surface area contributed by atoms with Crippen molar-refractivity contribution in [1.29, 1.82) is 0 Å². The van der Waals surface area contributed by atoms with Gasteiger partial charge in [-0.15, -0.1) is 0 Å². The van der Waals surface area contributed by atoms with Crippen LogP contribution in [0.15, 0.2) is 18.2 Å². The first-order valence-electron chi connectivity index (χ1n) is 6.37. The molecular weight excluding hydrogens is 230 g/mol. The van der Waals surface area contributed by atoms with Gasteiger partial charge in [-0.25, -0.2) is 0 Å². The Hall–Kier alpha value is -1.71. The van der Waals surface area contributed by atoms with Crippen LogP contribution >= 0.6 is 0 Å². The molecule has 3 rings (SSSR count). The summed E-state index contributed by atoms with van der Waals surface area (Å²) in [7, 11) is 1.55. The Morgan fingerprint density at radius 1 is 1.44 bits per heavy atom. The predicted molar refractivity (Wildman–Crippen MR) is 66.8 cm³/mol. The summed E-state index contributed by atoms with van der Waals surface area (Å²) in [6, 6.07) is 5.15. The number of methoxy groups -OCH3 is 1. The van der Waals surface area contributed by atoms with Crippen LogP contribution in [0.4, 0.5) is 0 Å². The van der Waals surface area contributed by atoms with E-state index in [2.05, 4.69) is 0 Å². The van der Waals surface area contributed by atoms with E-state index in [1.165, 1.54) is 12.5 Å². The Kier molecular flexibility index (Phi) is 2.65. The molecule has 1 N–H and O–H groups in total. The van der Waals surface area contributed by atoms with Crippen molar-refractivity contribution in [2.45, 2.75) is 25.3 Å². The van der Waals surface area contributed by atoms with Crippen LogP contribution in [0.3, 0.4) is 0 Å². The van der Waals surface area contributed by atoms with Gasteiger partial charge in [-0.2, -0.15) is 0 Å². The standard InChI is InChI=1S/C14H17NO3/c1-18-11-4-5-13(16)12(7-11)14(17)15-8-9-2-3-10(15)6-9/h4-5,7,9-10,16H,2-3,6,8H2,1H3. The SMILES string of the molecule is COc1ccc(O)c(C(=O)N2CC3CCC2C3)c1. The topological polar surface area (TPSA) is 49.8 Å². The van der Waals surface area contributed by atoms with Gasteiger partial charge in [0.2, 0.25) is 0 Å². The molecule has 2 atom stereocenters. The van der Waals surface area contributed by atoms with Gasteiger partial charge in [-0.3, -0.25) is 4.79 Å². The number of fused-ring (bicyclic) bond motifs is 2. The quantitative estimate of drug-likeness (QED) is 0.870. The van der Waals surface area contributed by atoms with Gasteiger partial charge < -0.3 is 14.7 Å². The van der Waals surface area contributed by atoms with E-state index in [9.17, 15) is 9.90 Å². The summed E-state index contributed by atoms with van der Waals surface area (Å²) < 4.78 is 5.10. The van der Waals surface area contributed by atoms with E-state index in [0.717, 1.165) is 19.4 Å². The van der Waals surface area contributed by atoms with Crippen LogP contribution in [0.2, 0.25) is 0 Å². The maximum Gasteiger partial charge on any atom is 0.258 e. The molecule has 1 saturated heterocycles. The van der Waals surface area contributed by atoms with Gasteiger partial charge in [0.1, 0.15) is 11.5 Å². The second kappa shape index (κ2) is 4.19. The maximum absolute atomic E-state index is 12.4. The summed E-state index contributed by atoms with van der Waals surface area (Å²) in [4.78, 5) is 14.3. The largest absolute Gasteiger partial charge is 0.507 e. The zero-order valence-electron chi connectivity index (χ0n) is 10.4. The minimum atomic E-state index is -0.0707. The smallest absolute Gasteiger partial charge is 0.258 e. The number of phenolic OH excluding ortho intramolecular Hbond substituents is 1. The number of likely N-dealkylation sites (tertiary alicyclic amines) is 1. The summed E-state index contributed by atoms with van der Waals surface area (Å²) in [5.41, 5.74) is 0.349. The Morgan fingerprint density at radius 3 is 2.89 bits per heavy atom. The first-order chi connectivity index (χ1) is 8.69. The number of aromatic hydroxyl groups is 1. The summed E-state index contributed by atoms with van der Waals surface area (Å²) in [6.45, 7) is 0.833. The number of ether oxygens (including phenoxy) is 1. The molecule has 2 unspecified atom stereocenters. The van der Waals surface area contributed by atoms with E-state index in [4.69, 9.17) is 4.74 Å². The molecule has 0 radical (unpaired) electrons. The predicted octanol–water partition coefficient (Wildman–Crippen LogP) is 2.03. The Morgan fingerprint density at radius 2 is 2.28 bits per heavy atom. The molecule has 1 aromatic carbocycles. The lowest BCUT2D eigenvalue weighted by Gasteiger charge is -2.27. The van der Waals surface area contributed by atoms with Crippen LogP contribution in [0.5, 0.6) is 11.5 Å². The minimum absolute atomic E-state index is 0.0311. The molecule has 4 heteroatoms. The summed E-state index contributed by atoms with van der Waals surface area (Å²) in [5, 5.41) is 9.83. The fraction of sp³-hybridized carbons (Fsp3) is 0.500. The van der Waals surface area contributed by atoms with Gasteiger partial charge in [-0.05, 0) is 43.4 Å². The lowest BCUT2D eigenvalue weighted by Crippen LogP contribution is -2.37. The maximum atomic E-state index is 12.4. The number of hydrogen-bond acceptors (Lipinski definition) is 3. The summed E-state index contributed by atoms with van der Waals surface area (Å²) >= 11 is 0. The number of nitrogens with zero attached hydrogens (tertiary/aromatic N) is 1. The van der Waals surface area contributed by atoms with Crippen LogP contribution in [-0.4, -0.2) is 35.6 Å². The molecule has 18 heavy (non-hydrogen) atoms. The highest BCUT2D eigenvalue weighted by Crippen LogP contribution is 2.39. The Balaban J connectivity index is 1.88. The lowest BCUT2D eigenvalue weighted by atomic mass is 10.1. The second-order valence-corrected chi connectivity index (χ2v) is 5.17. The van der Waals surface area contributed by atoms with E-state index in [1.54, 1.807) is 19.2 Å². The van der Waals surface area contributed by atoms with E-state index >= 15 is 0 Å². The average molecular weight is 247 g/mol. The highest BCUT2D eigenvalue weighted by molar-refractivity contribution is 5.97. The zero-order chi connectivity index (χ0) is 12.7. The Bertz CT molecular complexity index is 486. The molecule has 4 nitrogen and oxygen atoms in total. The normalized spacial score (nSPS) is 25.5. The molecule has 1 aromatic rings. The van der Waals surface area contributed by atoms with Crippen molar-refractivity contribution in [2.75, 3.05) is 13.7 Å². The van der Waals surface area contributed by atoms with Crippen molar-refractivity contribution in [3.05, 3.63) is 23.8 Å². The highest BCUT2D eigenvalue weighted by Gasteiger charge is 2.40. The van der Waals surface area contributed by atoms with Crippen LogP contribution in [0, 0.1) is 5.92 Å². The molecule has 2 fully saturated rings. The molecule has 96 valence electrons. The molecule has 1 saturated carbocycles. The number of carbonyl (C=O) groups excluding carboxylic acids is 1. The molecule has 1 amide bonds. The first kappa shape index (κ1) is 11.4. The number of benzene rings is 1. The van der Waals surface area contributed by atoms with Gasteiger partial charge in [-0.1, -0.05) is 0 Å². The molecular formula is C14H17NO3. The fourth-order valence-corrected chi connectivity index (χ4v) is 3.14. The van der Waals surface area contributed by atoms with Crippen LogP contribution < -0.4 is 4.74 Å². The van der Waals surface area contributed by atoms with E-state index in [0.29, 0.717) is 23.3 Å². The molecule has 1 aliphatic heterocycles. The summed E-state index contributed by atoms with van der Waals surface area (Å²) in [6.07, 6.45) is 3.45. The molecule has 0 spiro atoms. The third kappa shape index (κ3) is 1.72.